The van der Waals surface area contributed by atoms with Crippen molar-refractivity contribution >= 4 is 27.2 Å². The quantitative estimate of drug-likeness (QED) is 0.621. The molecule has 1 aromatic heterocycles. The third kappa shape index (κ3) is 2.52. The Morgan fingerprint density at radius 1 is 1.05 bits per heavy atom. The van der Waals surface area contributed by atoms with Gasteiger partial charge in [0.2, 0.25) is 0 Å². The molecule has 0 saturated heterocycles. The van der Waals surface area contributed by atoms with E-state index in [0.717, 1.165) is 22.3 Å². The first-order valence-electron chi connectivity index (χ1n) is 6.70. The fourth-order valence-electron chi connectivity index (χ4n) is 2.58. The molecule has 0 aliphatic rings. The molecular weight excluding hydrogens is 264 g/mol. The maximum Gasteiger partial charge on any atom is 0.167 e. The van der Waals surface area contributed by atoms with Crippen molar-refractivity contribution in [3.63, 3.8) is 0 Å². The highest BCUT2D eigenvalue weighted by atomic mass is 32.1. The monoisotopic (exact) mass is 280 g/mol. The Labute approximate surface area is 122 Å². The molecular formula is C18H16OS. The van der Waals surface area contributed by atoms with Crippen molar-refractivity contribution in [1.82, 2.24) is 0 Å². The van der Waals surface area contributed by atoms with E-state index in [1.165, 1.54) is 10.1 Å². The molecule has 1 nitrogen and oxygen atoms in total. The molecule has 2 heteroatoms. The molecule has 0 bridgehead atoms. The summed E-state index contributed by atoms with van der Waals surface area (Å²) < 4.78 is 1.25. The first-order chi connectivity index (χ1) is 9.63. The molecule has 100 valence electrons. The minimum atomic E-state index is 0.195. The van der Waals surface area contributed by atoms with Gasteiger partial charge in [0.25, 0.3) is 0 Å². The minimum Gasteiger partial charge on any atom is -0.294 e. The van der Waals surface area contributed by atoms with Gasteiger partial charge in [0, 0.05) is 16.7 Å². The standard InChI is InChI=1S/C18H16OS/c1-12-7-13(2)9-14(8-12)17(19)10-15-11-20-18-6-4-3-5-16(15)18/h3-9,11H,10H2,1-2H3. The van der Waals surface area contributed by atoms with Crippen LogP contribution in [0.15, 0.2) is 47.8 Å². The number of thiophene rings is 1. The Kier molecular flexibility index (Phi) is 3.41. The van der Waals surface area contributed by atoms with Gasteiger partial charge in [-0.2, -0.15) is 0 Å². The first kappa shape index (κ1) is 13.1. The molecule has 3 aromatic rings. The highest BCUT2D eigenvalue weighted by Gasteiger charge is 2.11. The van der Waals surface area contributed by atoms with Gasteiger partial charge in [-0.05, 0) is 48.4 Å². The van der Waals surface area contributed by atoms with Gasteiger partial charge in [-0.25, -0.2) is 0 Å². The molecule has 0 unspecified atom stereocenters. The molecule has 0 N–H and O–H groups in total. The van der Waals surface area contributed by atoms with Crippen LogP contribution in [-0.2, 0) is 6.42 Å². The predicted molar refractivity (Wildman–Crippen MR) is 85.8 cm³/mol. The normalized spacial score (nSPS) is 10.9. The zero-order chi connectivity index (χ0) is 14.1. The summed E-state index contributed by atoms with van der Waals surface area (Å²) in [7, 11) is 0. The highest BCUT2D eigenvalue weighted by molar-refractivity contribution is 7.17. The van der Waals surface area contributed by atoms with Crippen LogP contribution >= 0.6 is 11.3 Å². The van der Waals surface area contributed by atoms with Crippen molar-refractivity contribution in [3.05, 3.63) is 70.1 Å². The average molecular weight is 280 g/mol. The Balaban J connectivity index is 1.92. The highest BCUT2D eigenvalue weighted by Crippen LogP contribution is 2.26. The maximum absolute atomic E-state index is 12.5. The van der Waals surface area contributed by atoms with Crippen LogP contribution in [0.1, 0.15) is 27.0 Å². The molecule has 0 aliphatic carbocycles. The van der Waals surface area contributed by atoms with Gasteiger partial charge in [-0.15, -0.1) is 11.3 Å². The van der Waals surface area contributed by atoms with E-state index in [1.54, 1.807) is 11.3 Å². The smallest absolute Gasteiger partial charge is 0.167 e. The number of fused-ring (bicyclic) bond motifs is 1. The van der Waals surface area contributed by atoms with Crippen LogP contribution in [0.3, 0.4) is 0 Å². The van der Waals surface area contributed by atoms with E-state index in [9.17, 15) is 4.79 Å². The van der Waals surface area contributed by atoms with Gasteiger partial charge in [0.1, 0.15) is 0 Å². The zero-order valence-corrected chi connectivity index (χ0v) is 12.5. The lowest BCUT2D eigenvalue weighted by molar-refractivity contribution is 0.0993. The number of ketones is 1. The summed E-state index contributed by atoms with van der Waals surface area (Å²) in [6.07, 6.45) is 0.479. The van der Waals surface area contributed by atoms with Crippen molar-refractivity contribution in [2.75, 3.05) is 0 Å². The number of hydrogen-bond donors (Lipinski definition) is 0. The Bertz CT molecular complexity index is 763. The summed E-state index contributed by atoms with van der Waals surface area (Å²) in [5, 5.41) is 3.31. The van der Waals surface area contributed by atoms with Gasteiger partial charge in [0.15, 0.2) is 5.78 Å². The van der Waals surface area contributed by atoms with Crippen molar-refractivity contribution < 1.29 is 4.79 Å². The molecule has 1 heterocycles. The lowest BCUT2D eigenvalue weighted by atomic mass is 9.99. The number of benzene rings is 2. The Hall–Kier alpha value is -1.93. The van der Waals surface area contributed by atoms with Gasteiger partial charge < -0.3 is 0 Å². The van der Waals surface area contributed by atoms with E-state index in [2.05, 4.69) is 23.6 Å². The zero-order valence-electron chi connectivity index (χ0n) is 11.6. The van der Waals surface area contributed by atoms with E-state index >= 15 is 0 Å². The van der Waals surface area contributed by atoms with Crippen LogP contribution < -0.4 is 0 Å². The van der Waals surface area contributed by atoms with Crippen LogP contribution in [0.4, 0.5) is 0 Å². The topological polar surface area (TPSA) is 17.1 Å². The summed E-state index contributed by atoms with van der Waals surface area (Å²) in [5.41, 5.74) is 4.24. The molecule has 0 fully saturated rings. The maximum atomic E-state index is 12.5. The molecule has 3 rings (SSSR count). The Morgan fingerprint density at radius 3 is 2.50 bits per heavy atom. The molecule has 0 amide bonds. The summed E-state index contributed by atoms with van der Waals surface area (Å²) >= 11 is 1.71. The van der Waals surface area contributed by atoms with Gasteiger partial charge in [-0.3, -0.25) is 4.79 Å². The van der Waals surface area contributed by atoms with Crippen LogP contribution in [0, 0.1) is 13.8 Å². The molecule has 0 atom stereocenters. The second-order valence-corrected chi connectivity index (χ2v) is 6.14. The predicted octanol–water partition coefficient (Wildman–Crippen LogP) is 4.94. The van der Waals surface area contributed by atoms with Crippen LogP contribution in [-0.4, -0.2) is 5.78 Å². The number of rotatable bonds is 3. The second kappa shape index (κ2) is 5.22. The van der Waals surface area contributed by atoms with E-state index in [-0.39, 0.29) is 5.78 Å². The summed E-state index contributed by atoms with van der Waals surface area (Å²) in [4.78, 5) is 12.5. The number of Topliss-reactive ketones (excluding diaryl/α,β-unsaturated/α-hetero) is 1. The van der Waals surface area contributed by atoms with E-state index < -0.39 is 0 Å². The lowest BCUT2D eigenvalue weighted by Gasteiger charge is -2.04. The third-order valence-corrected chi connectivity index (χ3v) is 4.47. The Morgan fingerprint density at radius 2 is 1.75 bits per heavy atom. The summed E-state index contributed by atoms with van der Waals surface area (Å²) in [6, 6.07) is 14.3. The average Bonchev–Trinajstić information content (AvgIpc) is 2.81. The molecule has 0 saturated carbocycles. The first-order valence-corrected chi connectivity index (χ1v) is 7.58. The van der Waals surface area contributed by atoms with Gasteiger partial charge in [-0.1, -0.05) is 35.4 Å². The molecule has 0 aliphatic heterocycles. The molecule has 0 radical (unpaired) electrons. The van der Waals surface area contributed by atoms with Crippen LogP contribution in [0.5, 0.6) is 0 Å². The summed E-state index contributed by atoms with van der Waals surface area (Å²) in [6.45, 7) is 4.06. The third-order valence-electron chi connectivity index (χ3n) is 3.46. The fourth-order valence-corrected chi connectivity index (χ4v) is 3.54. The number of carbonyl (C=O) groups is 1. The van der Waals surface area contributed by atoms with Crippen molar-refractivity contribution in [2.24, 2.45) is 0 Å². The van der Waals surface area contributed by atoms with Crippen molar-refractivity contribution in [1.29, 1.82) is 0 Å². The summed E-state index contributed by atoms with van der Waals surface area (Å²) in [5.74, 6) is 0.195. The van der Waals surface area contributed by atoms with Crippen molar-refractivity contribution in [2.45, 2.75) is 20.3 Å². The van der Waals surface area contributed by atoms with E-state index in [1.807, 2.05) is 38.1 Å². The van der Waals surface area contributed by atoms with E-state index in [0.29, 0.717) is 6.42 Å². The minimum absolute atomic E-state index is 0.195. The number of hydrogen-bond acceptors (Lipinski definition) is 2. The van der Waals surface area contributed by atoms with Crippen LogP contribution in [0.25, 0.3) is 10.1 Å². The van der Waals surface area contributed by atoms with Gasteiger partial charge >= 0.3 is 0 Å². The largest absolute Gasteiger partial charge is 0.294 e. The molecule has 20 heavy (non-hydrogen) atoms. The fraction of sp³-hybridized carbons (Fsp3) is 0.167. The van der Waals surface area contributed by atoms with Crippen LogP contribution in [0.2, 0.25) is 0 Å². The number of aryl methyl sites for hydroxylation is 2. The lowest BCUT2D eigenvalue weighted by Crippen LogP contribution is -2.03. The number of carbonyl (C=O) groups excluding carboxylic acids is 1. The SMILES string of the molecule is Cc1cc(C)cc(C(=O)Cc2csc3ccccc23)c1. The molecule has 2 aromatic carbocycles. The van der Waals surface area contributed by atoms with E-state index in [4.69, 9.17) is 0 Å². The molecule has 0 spiro atoms. The second-order valence-electron chi connectivity index (χ2n) is 5.23. The van der Waals surface area contributed by atoms with Crippen molar-refractivity contribution in [3.8, 4) is 0 Å². The van der Waals surface area contributed by atoms with Gasteiger partial charge in [0.05, 0.1) is 0 Å².